The Morgan fingerprint density at radius 2 is 1.95 bits per heavy atom. The molecule has 0 saturated carbocycles. The Hall–Kier alpha value is -1.15. The number of carboxylic acid groups (broad SMARTS) is 1. The third-order valence-electron chi connectivity index (χ3n) is 2.38. The molecule has 2 N–H and O–H groups in total. The van der Waals surface area contributed by atoms with E-state index in [1.807, 2.05) is 0 Å². The first-order chi connectivity index (χ1) is 8.91. The summed E-state index contributed by atoms with van der Waals surface area (Å²) in [4.78, 5) is 27.4. The van der Waals surface area contributed by atoms with Crippen LogP contribution in [0, 0.1) is 0 Å². The minimum atomic E-state index is -0.931. The number of nitrogens with one attached hydrogen (secondary N) is 1. The second kappa shape index (κ2) is 7.44. The van der Waals surface area contributed by atoms with E-state index in [0.29, 0.717) is 6.54 Å². The Kier molecular flexibility index (Phi) is 6.23. The van der Waals surface area contributed by atoms with Crippen molar-refractivity contribution in [3.05, 3.63) is 26.9 Å². The van der Waals surface area contributed by atoms with E-state index in [1.165, 1.54) is 4.90 Å². The van der Waals surface area contributed by atoms with Crippen LogP contribution in [0.25, 0.3) is 0 Å². The maximum absolute atomic E-state index is 11.7. The Bertz CT molecular complexity index is 462. The summed E-state index contributed by atoms with van der Waals surface area (Å²) in [7, 11) is 1.55. The van der Waals surface area contributed by atoms with Crippen LogP contribution >= 0.6 is 31.9 Å². The van der Waals surface area contributed by atoms with Gasteiger partial charge in [0.15, 0.2) is 0 Å². The van der Waals surface area contributed by atoms with Gasteiger partial charge in [0.25, 0.3) is 0 Å². The molecular weight excluding hydrogens is 382 g/mol. The molecule has 1 aromatic heterocycles. The third kappa shape index (κ3) is 5.15. The average molecular weight is 395 g/mol. The highest BCUT2D eigenvalue weighted by molar-refractivity contribution is 9.11. The van der Waals surface area contributed by atoms with Gasteiger partial charge >= 0.3 is 12.0 Å². The smallest absolute Gasteiger partial charge is 0.317 e. The zero-order valence-corrected chi connectivity index (χ0v) is 13.4. The number of carbonyl (C=O) groups excluding carboxylic acids is 1. The highest BCUT2D eigenvalue weighted by Gasteiger charge is 2.11. The first-order valence-corrected chi connectivity index (χ1v) is 6.99. The summed E-state index contributed by atoms with van der Waals surface area (Å²) < 4.78 is 1.57. The fourth-order valence-corrected chi connectivity index (χ4v) is 2.48. The van der Waals surface area contributed by atoms with Gasteiger partial charge in [0.1, 0.15) is 0 Å². The van der Waals surface area contributed by atoms with Gasteiger partial charge in [-0.2, -0.15) is 0 Å². The average Bonchev–Trinajstić information content (AvgIpc) is 2.35. The van der Waals surface area contributed by atoms with E-state index in [1.54, 1.807) is 19.4 Å². The molecule has 0 aliphatic heterocycles. The first kappa shape index (κ1) is 15.9. The van der Waals surface area contributed by atoms with Crippen LogP contribution < -0.4 is 5.32 Å². The minimum Gasteiger partial charge on any atom is -0.481 e. The van der Waals surface area contributed by atoms with Gasteiger partial charge in [0.2, 0.25) is 0 Å². The van der Waals surface area contributed by atoms with Gasteiger partial charge in [-0.3, -0.25) is 9.78 Å². The number of hydrogen-bond donors (Lipinski definition) is 2. The highest BCUT2D eigenvalue weighted by Crippen LogP contribution is 2.23. The van der Waals surface area contributed by atoms with Gasteiger partial charge in [-0.15, -0.1) is 0 Å². The Morgan fingerprint density at radius 3 is 2.47 bits per heavy atom. The number of amides is 2. The molecule has 0 saturated heterocycles. The van der Waals surface area contributed by atoms with Crippen LogP contribution in [-0.2, 0) is 11.3 Å². The normalized spacial score (nSPS) is 10.1. The molecule has 0 bridgehead atoms. The topological polar surface area (TPSA) is 82.5 Å². The number of carbonyl (C=O) groups is 2. The fourth-order valence-electron chi connectivity index (χ4n) is 1.27. The van der Waals surface area contributed by atoms with Gasteiger partial charge < -0.3 is 15.3 Å². The largest absolute Gasteiger partial charge is 0.481 e. The quantitative estimate of drug-likeness (QED) is 0.802. The molecule has 0 atom stereocenters. The molecule has 6 nitrogen and oxygen atoms in total. The van der Waals surface area contributed by atoms with E-state index in [2.05, 4.69) is 42.2 Å². The zero-order valence-electron chi connectivity index (χ0n) is 10.2. The molecule has 1 rings (SSSR count). The number of rotatable bonds is 5. The first-order valence-electron chi connectivity index (χ1n) is 5.40. The highest BCUT2D eigenvalue weighted by atomic mass is 79.9. The van der Waals surface area contributed by atoms with E-state index in [0.717, 1.165) is 14.5 Å². The second-order valence-electron chi connectivity index (χ2n) is 3.81. The number of pyridine rings is 1. The lowest BCUT2D eigenvalue weighted by Crippen LogP contribution is -2.38. The molecule has 0 aliphatic carbocycles. The van der Waals surface area contributed by atoms with Crippen LogP contribution in [0.4, 0.5) is 4.79 Å². The van der Waals surface area contributed by atoms with Crippen LogP contribution in [-0.4, -0.2) is 40.6 Å². The molecular formula is C11H13Br2N3O3. The van der Waals surface area contributed by atoms with Gasteiger partial charge in [-0.1, -0.05) is 0 Å². The van der Waals surface area contributed by atoms with Crippen LogP contribution in [0.1, 0.15) is 12.0 Å². The van der Waals surface area contributed by atoms with Crippen LogP contribution in [0.2, 0.25) is 0 Å². The summed E-state index contributed by atoms with van der Waals surface area (Å²) in [6.45, 7) is 0.486. The molecule has 8 heteroatoms. The van der Waals surface area contributed by atoms with Crippen molar-refractivity contribution < 1.29 is 14.7 Å². The lowest BCUT2D eigenvalue weighted by Gasteiger charge is -2.17. The standard InChI is InChI=1S/C11H13Br2N3O3/c1-16(3-2-10(17)18)11(19)15-4-7-8(12)5-14-6-9(7)13/h5-6H,2-4H2,1H3,(H,15,19)(H,17,18). The van der Waals surface area contributed by atoms with Crippen molar-refractivity contribution in [2.24, 2.45) is 0 Å². The van der Waals surface area contributed by atoms with Crippen LogP contribution in [0.5, 0.6) is 0 Å². The van der Waals surface area contributed by atoms with Crippen molar-refractivity contribution in [3.63, 3.8) is 0 Å². The molecule has 104 valence electrons. The maximum Gasteiger partial charge on any atom is 0.317 e. The van der Waals surface area contributed by atoms with Crippen molar-refractivity contribution in [2.45, 2.75) is 13.0 Å². The molecule has 0 spiro atoms. The molecule has 0 radical (unpaired) electrons. The predicted octanol–water partition coefficient (Wildman–Crippen LogP) is 2.22. The molecule has 1 aromatic rings. The third-order valence-corrected chi connectivity index (χ3v) is 3.74. The number of aliphatic carboxylic acids is 1. The molecule has 2 amide bonds. The number of nitrogens with zero attached hydrogens (tertiary/aromatic N) is 2. The number of carboxylic acids is 1. The maximum atomic E-state index is 11.7. The second-order valence-corrected chi connectivity index (χ2v) is 5.51. The zero-order chi connectivity index (χ0) is 14.4. The minimum absolute atomic E-state index is 0.0768. The molecule has 0 fully saturated rings. The summed E-state index contributed by atoms with van der Waals surface area (Å²) in [5, 5.41) is 11.3. The predicted molar refractivity (Wildman–Crippen MR) is 76.8 cm³/mol. The van der Waals surface area contributed by atoms with Crippen molar-refractivity contribution in [2.75, 3.05) is 13.6 Å². The number of aromatic nitrogens is 1. The van der Waals surface area contributed by atoms with E-state index in [-0.39, 0.29) is 19.0 Å². The fraction of sp³-hybridized carbons (Fsp3) is 0.364. The van der Waals surface area contributed by atoms with Gasteiger partial charge in [-0.05, 0) is 31.9 Å². The van der Waals surface area contributed by atoms with E-state index in [4.69, 9.17) is 5.11 Å². The summed E-state index contributed by atoms with van der Waals surface area (Å²) in [6, 6.07) is -0.322. The van der Waals surface area contributed by atoms with Crippen molar-refractivity contribution in [1.29, 1.82) is 0 Å². The number of hydrogen-bond acceptors (Lipinski definition) is 3. The van der Waals surface area contributed by atoms with E-state index in [9.17, 15) is 9.59 Å². The van der Waals surface area contributed by atoms with Crippen molar-refractivity contribution in [1.82, 2.24) is 15.2 Å². The Balaban J connectivity index is 2.52. The number of urea groups is 1. The van der Waals surface area contributed by atoms with E-state index < -0.39 is 5.97 Å². The van der Waals surface area contributed by atoms with Gasteiger partial charge in [-0.25, -0.2) is 4.79 Å². The van der Waals surface area contributed by atoms with Gasteiger partial charge in [0.05, 0.1) is 6.42 Å². The Morgan fingerprint density at radius 1 is 1.37 bits per heavy atom. The summed E-state index contributed by atoms with van der Waals surface area (Å²) in [5.74, 6) is -0.931. The van der Waals surface area contributed by atoms with Crippen molar-refractivity contribution in [3.8, 4) is 0 Å². The molecule has 0 aromatic carbocycles. The monoisotopic (exact) mass is 393 g/mol. The summed E-state index contributed by atoms with van der Waals surface area (Å²) >= 11 is 6.70. The lowest BCUT2D eigenvalue weighted by atomic mass is 10.3. The summed E-state index contributed by atoms with van der Waals surface area (Å²) in [5.41, 5.74) is 0.870. The summed E-state index contributed by atoms with van der Waals surface area (Å²) in [6.07, 6.45) is 3.20. The Labute approximate surface area is 127 Å². The molecule has 1 heterocycles. The van der Waals surface area contributed by atoms with Gasteiger partial charge in [0, 0.05) is 47.0 Å². The number of halogens is 2. The van der Waals surface area contributed by atoms with E-state index >= 15 is 0 Å². The molecule has 0 aliphatic rings. The molecule has 19 heavy (non-hydrogen) atoms. The van der Waals surface area contributed by atoms with Crippen molar-refractivity contribution >= 4 is 43.9 Å². The van der Waals surface area contributed by atoms with Crippen LogP contribution in [0.3, 0.4) is 0 Å². The lowest BCUT2D eigenvalue weighted by molar-refractivity contribution is -0.137. The SMILES string of the molecule is CN(CCC(=O)O)C(=O)NCc1c(Br)cncc1Br. The van der Waals surface area contributed by atoms with Crippen LogP contribution in [0.15, 0.2) is 21.3 Å². The molecule has 0 unspecified atom stereocenters.